The summed E-state index contributed by atoms with van der Waals surface area (Å²) >= 11 is 1.68. The molecule has 2 rings (SSSR count). The zero-order valence-electron chi connectivity index (χ0n) is 9.19. The molecule has 3 heteroatoms. The Balaban J connectivity index is 2.40. The van der Waals surface area contributed by atoms with E-state index in [1.54, 1.807) is 11.3 Å². The average Bonchev–Trinajstić information content (AvgIpc) is 2.72. The second-order valence-electron chi connectivity index (χ2n) is 3.50. The number of carbonyl (C=O) groups excluding carboxylic acids is 1. The molecule has 0 bridgehead atoms. The number of ether oxygens (including phenoxy) is 1. The molecule has 0 N–H and O–H groups in total. The van der Waals surface area contributed by atoms with Crippen LogP contribution in [-0.4, -0.2) is 13.1 Å². The highest BCUT2D eigenvalue weighted by atomic mass is 32.1. The summed E-state index contributed by atoms with van der Waals surface area (Å²) in [5.74, 6) is -0.310. The van der Waals surface area contributed by atoms with E-state index in [0.29, 0.717) is 0 Å². The van der Waals surface area contributed by atoms with Crippen LogP contribution in [0.5, 0.6) is 0 Å². The summed E-state index contributed by atoms with van der Waals surface area (Å²) in [6.45, 7) is 1.92. The van der Waals surface area contributed by atoms with Crippen LogP contribution in [0.15, 0.2) is 36.4 Å². The Morgan fingerprint density at radius 3 is 2.81 bits per heavy atom. The van der Waals surface area contributed by atoms with Gasteiger partial charge in [-0.2, -0.15) is 0 Å². The molecule has 0 saturated heterocycles. The molecule has 82 valence electrons. The van der Waals surface area contributed by atoms with Crippen molar-refractivity contribution in [1.82, 2.24) is 0 Å². The number of methoxy groups -OCH3 is 1. The summed E-state index contributed by atoms with van der Waals surface area (Å²) in [7, 11) is 1.39. The fraction of sp³-hybridized carbons (Fsp3) is 0.154. The van der Waals surface area contributed by atoms with Gasteiger partial charge in [-0.1, -0.05) is 18.2 Å². The lowest BCUT2D eigenvalue weighted by molar-refractivity contribution is -0.134. The maximum absolute atomic E-state index is 11.1. The summed E-state index contributed by atoms with van der Waals surface area (Å²) in [6.07, 6.45) is 1.52. The average molecular weight is 232 g/mol. The van der Waals surface area contributed by atoms with E-state index in [1.165, 1.54) is 23.3 Å². The number of hydrogen-bond donors (Lipinski definition) is 0. The van der Waals surface area contributed by atoms with E-state index < -0.39 is 0 Å². The van der Waals surface area contributed by atoms with Gasteiger partial charge >= 0.3 is 5.97 Å². The molecule has 0 saturated carbocycles. The third kappa shape index (κ3) is 2.14. The van der Waals surface area contributed by atoms with Crippen LogP contribution in [0.1, 0.15) is 11.8 Å². The summed E-state index contributed by atoms with van der Waals surface area (Å²) < 4.78 is 5.84. The van der Waals surface area contributed by atoms with Crippen molar-refractivity contribution in [1.29, 1.82) is 0 Å². The maximum atomic E-state index is 11.1. The summed E-state index contributed by atoms with van der Waals surface area (Å²) in [6, 6.07) is 10.3. The van der Waals surface area contributed by atoms with Gasteiger partial charge in [0, 0.05) is 15.7 Å². The molecule has 16 heavy (non-hydrogen) atoms. The van der Waals surface area contributed by atoms with Crippen molar-refractivity contribution in [3.8, 4) is 0 Å². The SMILES string of the molecule is COC(=O)/C=C(/C)c1cc2ccccc2s1. The minimum absolute atomic E-state index is 0.310. The van der Waals surface area contributed by atoms with Crippen LogP contribution < -0.4 is 0 Å². The van der Waals surface area contributed by atoms with Crippen molar-refractivity contribution in [2.75, 3.05) is 7.11 Å². The molecular weight excluding hydrogens is 220 g/mol. The molecule has 1 aromatic carbocycles. The lowest BCUT2D eigenvalue weighted by Crippen LogP contribution is -1.94. The molecule has 2 aromatic rings. The maximum Gasteiger partial charge on any atom is 0.330 e. The van der Waals surface area contributed by atoms with Crippen LogP contribution in [0.3, 0.4) is 0 Å². The van der Waals surface area contributed by atoms with Crippen molar-refractivity contribution >= 4 is 33.0 Å². The molecule has 0 spiro atoms. The topological polar surface area (TPSA) is 26.3 Å². The molecule has 2 nitrogen and oxygen atoms in total. The van der Waals surface area contributed by atoms with Crippen LogP contribution >= 0.6 is 11.3 Å². The third-order valence-electron chi connectivity index (χ3n) is 2.35. The second-order valence-corrected chi connectivity index (χ2v) is 4.58. The minimum Gasteiger partial charge on any atom is -0.466 e. The predicted molar refractivity (Wildman–Crippen MR) is 67.5 cm³/mol. The molecule has 0 fully saturated rings. The first-order chi connectivity index (χ1) is 7.70. The summed E-state index contributed by atoms with van der Waals surface area (Å²) in [4.78, 5) is 12.2. The van der Waals surface area contributed by atoms with Gasteiger partial charge in [-0.15, -0.1) is 11.3 Å². The first kappa shape index (κ1) is 10.9. The molecule has 0 atom stereocenters. The zero-order valence-corrected chi connectivity index (χ0v) is 10.0. The largest absolute Gasteiger partial charge is 0.466 e. The summed E-state index contributed by atoms with van der Waals surface area (Å²) in [5.41, 5.74) is 0.938. The molecule has 0 unspecified atom stereocenters. The fourth-order valence-electron chi connectivity index (χ4n) is 1.48. The Labute approximate surface area is 98.2 Å². The number of benzene rings is 1. The highest BCUT2D eigenvalue weighted by molar-refractivity contribution is 7.20. The quantitative estimate of drug-likeness (QED) is 0.585. The Bertz CT molecular complexity index is 519. The van der Waals surface area contributed by atoms with Gasteiger partial charge in [-0.25, -0.2) is 4.79 Å². The van der Waals surface area contributed by atoms with Gasteiger partial charge < -0.3 is 4.74 Å². The van der Waals surface area contributed by atoms with E-state index in [9.17, 15) is 4.79 Å². The van der Waals surface area contributed by atoms with Gasteiger partial charge in [0.1, 0.15) is 0 Å². The summed E-state index contributed by atoms with van der Waals surface area (Å²) in [5, 5.41) is 1.21. The van der Waals surface area contributed by atoms with E-state index in [4.69, 9.17) is 0 Å². The third-order valence-corrected chi connectivity index (χ3v) is 3.60. The van der Waals surface area contributed by atoms with Crippen LogP contribution in [0.4, 0.5) is 0 Å². The Kier molecular flexibility index (Phi) is 3.06. The molecule has 0 aliphatic carbocycles. The van der Waals surface area contributed by atoms with Gasteiger partial charge in [0.25, 0.3) is 0 Å². The first-order valence-electron chi connectivity index (χ1n) is 4.96. The van der Waals surface area contributed by atoms with Gasteiger partial charge in [-0.05, 0) is 30.0 Å². The Hall–Kier alpha value is -1.61. The highest BCUT2D eigenvalue weighted by Crippen LogP contribution is 2.29. The number of thiophene rings is 1. The van der Waals surface area contributed by atoms with Crippen molar-refractivity contribution in [3.05, 3.63) is 41.3 Å². The smallest absolute Gasteiger partial charge is 0.330 e. The van der Waals surface area contributed by atoms with E-state index in [-0.39, 0.29) is 5.97 Å². The lowest BCUT2D eigenvalue weighted by atomic mass is 10.2. The predicted octanol–water partition coefficient (Wildman–Crippen LogP) is 3.48. The van der Waals surface area contributed by atoms with Gasteiger partial charge in [0.05, 0.1) is 7.11 Å². The fourth-order valence-corrected chi connectivity index (χ4v) is 2.52. The Morgan fingerprint density at radius 2 is 2.12 bits per heavy atom. The van der Waals surface area contributed by atoms with E-state index >= 15 is 0 Å². The van der Waals surface area contributed by atoms with Crippen molar-refractivity contribution in [2.45, 2.75) is 6.92 Å². The zero-order chi connectivity index (χ0) is 11.5. The van der Waals surface area contributed by atoms with Crippen molar-refractivity contribution < 1.29 is 9.53 Å². The molecule has 0 amide bonds. The highest BCUT2D eigenvalue weighted by Gasteiger charge is 2.04. The lowest BCUT2D eigenvalue weighted by Gasteiger charge is -1.95. The number of esters is 1. The van der Waals surface area contributed by atoms with Gasteiger partial charge in [0.15, 0.2) is 0 Å². The number of fused-ring (bicyclic) bond motifs is 1. The van der Waals surface area contributed by atoms with Crippen LogP contribution in [0.2, 0.25) is 0 Å². The van der Waals surface area contributed by atoms with Crippen LogP contribution in [-0.2, 0) is 9.53 Å². The van der Waals surface area contributed by atoms with Gasteiger partial charge in [-0.3, -0.25) is 0 Å². The van der Waals surface area contributed by atoms with Gasteiger partial charge in [0.2, 0.25) is 0 Å². The number of allylic oxidation sites excluding steroid dienone is 1. The second kappa shape index (κ2) is 4.49. The molecule has 0 radical (unpaired) electrons. The van der Waals surface area contributed by atoms with Crippen molar-refractivity contribution in [2.24, 2.45) is 0 Å². The molecule has 0 aliphatic rings. The molecule has 1 heterocycles. The number of rotatable bonds is 2. The first-order valence-corrected chi connectivity index (χ1v) is 5.77. The standard InChI is InChI=1S/C13H12O2S/c1-9(7-13(14)15-2)12-8-10-5-3-4-6-11(10)16-12/h3-8H,1-2H3/b9-7-. The van der Waals surface area contributed by atoms with E-state index in [2.05, 4.69) is 22.9 Å². The molecule has 0 aliphatic heterocycles. The van der Waals surface area contributed by atoms with E-state index in [1.807, 2.05) is 19.1 Å². The van der Waals surface area contributed by atoms with Crippen LogP contribution in [0.25, 0.3) is 15.7 Å². The normalized spacial score (nSPS) is 11.8. The molecule has 1 aromatic heterocycles. The van der Waals surface area contributed by atoms with E-state index in [0.717, 1.165) is 10.5 Å². The number of carbonyl (C=O) groups is 1. The van der Waals surface area contributed by atoms with Crippen molar-refractivity contribution in [3.63, 3.8) is 0 Å². The molecular formula is C13H12O2S. The Morgan fingerprint density at radius 1 is 1.38 bits per heavy atom. The number of hydrogen-bond acceptors (Lipinski definition) is 3. The minimum atomic E-state index is -0.310. The monoisotopic (exact) mass is 232 g/mol. The van der Waals surface area contributed by atoms with Crippen LogP contribution in [0, 0.1) is 0 Å².